The van der Waals surface area contributed by atoms with Crippen molar-refractivity contribution in [2.45, 2.75) is 44.7 Å². The van der Waals surface area contributed by atoms with Gasteiger partial charge in [0.1, 0.15) is 4.32 Å². The van der Waals surface area contributed by atoms with E-state index >= 15 is 0 Å². The smallest absolute Gasteiger partial charge is 0.322 e. The summed E-state index contributed by atoms with van der Waals surface area (Å²) in [5, 5.41) is 0. The van der Waals surface area contributed by atoms with Crippen molar-refractivity contribution in [1.29, 1.82) is 0 Å². The summed E-state index contributed by atoms with van der Waals surface area (Å²) < 4.78 is 15.1. The number of carbonyl (C=O) groups excluding carboxylic acids is 1. The van der Waals surface area contributed by atoms with Crippen LogP contribution in [0.25, 0.3) is 0 Å². The highest BCUT2D eigenvalue weighted by atomic mass is 79.9. The van der Waals surface area contributed by atoms with Gasteiger partial charge >= 0.3 is 5.97 Å². The average Bonchev–Trinajstić information content (AvgIpc) is 2.16. The molecule has 0 unspecified atom stereocenters. The zero-order chi connectivity index (χ0) is 12.6. The third kappa shape index (κ3) is 7.19. The van der Waals surface area contributed by atoms with E-state index in [4.69, 9.17) is 14.2 Å². The van der Waals surface area contributed by atoms with Crippen molar-refractivity contribution in [1.82, 2.24) is 0 Å². The summed E-state index contributed by atoms with van der Waals surface area (Å²) in [7, 11) is 0. The first-order valence-corrected chi connectivity index (χ1v) is 6.30. The molecule has 0 saturated heterocycles. The second kappa shape index (κ2) is 8.03. The van der Waals surface area contributed by atoms with Crippen LogP contribution < -0.4 is 0 Å². The molecular formula is C11H21BrO4. The molecule has 0 aromatic rings. The molecule has 0 bridgehead atoms. The number of rotatable bonds is 8. The Morgan fingerprint density at radius 2 is 1.75 bits per heavy atom. The highest BCUT2D eigenvalue weighted by molar-refractivity contribution is 9.10. The number of hydrogen-bond donors (Lipinski definition) is 0. The molecule has 0 fully saturated rings. The Hall–Kier alpha value is -0.130. The van der Waals surface area contributed by atoms with E-state index in [0.29, 0.717) is 26.2 Å². The zero-order valence-corrected chi connectivity index (χ0v) is 12.0. The Morgan fingerprint density at radius 1 is 1.25 bits per heavy atom. The van der Waals surface area contributed by atoms with Crippen LogP contribution in [-0.4, -0.2) is 36.4 Å². The molecule has 0 aromatic heterocycles. The molecule has 0 aromatic carbocycles. The lowest BCUT2D eigenvalue weighted by Crippen LogP contribution is -2.28. The minimum atomic E-state index is -0.639. The van der Waals surface area contributed by atoms with E-state index in [1.54, 1.807) is 13.8 Å². The van der Waals surface area contributed by atoms with Gasteiger partial charge < -0.3 is 14.2 Å². The summed E-state index contributed by atoms with van der Waals surface area (Å²) in [6.45, 7) is 8.78. The summed E-state index contributed by atoms with van der Waals surface area (Å²) in [6, 6.07) is 0. The molecule has 0 heterocycles. The minimum Gasteiger partial charge on any atom is -0.464 e. The Kier molecular flexibility index (Phi) is 7.97. The number of halogens is 1. The number of alkyl halides is 1. The molecule has 5 heteroatoms. The second-order valence-corrected chi connectivity index (χ2v) is 5.72. The van der Waals surface area contributed by atoms with Gasteiger partial charge in [0.15, 0.2) is 6.29 Å². The third-order valence-corrected chi connectivity index (χ3v) is 2.10. The van der Waals surface area contributed by atoms with Gasteiger partial charge in [-0.15, -0.1) is 0 Å². The van der Waals surface area contributed by atoms with Crippen LogP contribution in [0.4, 0.5) is 0 Å². The molecule has 0 radical (unpaired) electrons. The van der Waals surface area contributed by atoms with E-state index in [-0.39, 0.29) is 12.3 Å². The monoisotopic (exact) mass is 296 g/mol. The van der Waals surface area contributed by atoms with Crippen LogP contribution in [0.1, 0.15) is 34.1 Å². The van der Waals surface area contributed by atoms with Crippen molar-refractivity contribution in [3.63, 3.8) is 0 Å². The van der Waals surface area contributed by atoms with Gasteiger partial charge in [0, 0.05) is 19.6 Å². The summed E-state index contributed by atoms with van der Waals surface area (Å²) >= 11 is 3.24. The molecule has 0 aliphatic heterocycles. The summed E-state index contributed by atoms with van der Waals surface area (Å²) in [5.74, 6) is -0.278. The fourth-order valence-electron chi connectivity index (χ4n) is 1.01. The lowest BCUT2D eigenvalue weighted by molar-refractivity contribution is -0.158. The summed E-state index contributed by atoms with van der Waals surface area (Å²) in [5.41, 5.74) is 0. The first kappa shape index (κ1) is 15.9. The molecule has 0 atom stereocenters. The van der Waals surface area contributed by atoms with Gasteiger partial charge in [-0.3, -0.25) is 4.79 Å². The molecule has 0 amide bonds. The molecular weight excluding hydrogens is 276 g/mol. The zero-order valence-electron chi connectivity index (χ0n) is 10.4. The quantitative estimate of drug-likeness (QED) is 0.392. The van der Waals surface area contributed by atoms with Crippen molar-refractivity contribution >= 4 is 21.9 Å². The van der Waals surface area contributed by atoms with Crippen molar-refractivity contribution in [3.05, 3.63) is 0 Å². The fourth-order valence-corrected chi connectivity index (χ4v) is 1.12. The number of hydrogen-bond acceptors (Lipinski definition) is 4. The number of carbonyl (C=O) groups is 1. The van der Waals surface area contributed by atoms with Crippen molar-refractivity contribution in [2.24, 2.45) is 0 Å². The molecule has 96 valence electrons. The van der Waals surface area contributed by atoms with E-state index in [9.17, 15) is 4.79 Å². The summed E-state index contributed by atoms with van der Waals surface area (Å²) in [4.78, 5) is 11.4. The fraction of sp³-hybridized carbons (Fsp3) is 0.909. The van der Waals surface area contributed by atoms with Gasteiger partial charge in [0.25, 0.3) is 0 Å². The normalized spacial score (nSPS) is 11.9. The average molecular weight is 297 g/mol. The number of ether oxygens (including phenoxy) is 3. The van der Waals surface area contributed by atoms with Crippen LogP contribution in [-0.2, 0) is 19.0 Å². The Bertz CT molecular complexity index is 195. The third-order valence-electron chi connectivity index (χ3n) is 1.78. The Morgan fingerprint density at radius 3 is 2.12 bits per heavy atom. The van der Waals surface area contributed by atoms with Gasteiger partial charge in [-0.25, -0.2) is 0 Å². The molecule has 0 aliphatic rings. The Labute approximate surface area is 106 Å². The molecule has 0 rings (SSSR count). The van der Waals surface area contributed by atoms with Crippen LogP contribution in [0.3, 0.4) is 0 Å². The maximum Gasteiger partial charge on any atom is 0.322 e. The minimum absolute atomic E-state index is 0.278. The van der Waals surface area contributed by atoms with E-state index in [1.807, 2.05) is 13.8 Å². The van der Waals surface area contributed by atoms with Gasteiger partial charge in [0.05, 0.1) is 6.61 Å². The predicted octanol–water partition coefficient (Wildman–Crippen LogP) is 2.49. The standard InChI is InChI=1S/C11H21BrO4/c1-5-14-9(15-6-2)7-8-16-10(13)11(3,4)12/h9H,5-8H2,1-4H3. The van der Waals surface area contributed by atoms with Crippen LogP contribution in [0.15, 0.2) is 0 Å². The van der Waals surface area contributed by atoms with Crippen LogP contribution in [0, 0.1) is 0 Å². The van der Waals surface area contributed by atoms with Crippen LogP contribution in [0.2, 0.25) is 0 Å². The highest BCUT2D eigenvalue weighted by Gasteiger charge is 2.25. The van der Waals surface area contributed by atoms with Crippen LogP contribution >= 0.6 is 15.9 Å². The van der Waals surface area contributed by atoms with Gasteiger partial charge in [-0.2, -0.15) is 0 Å². The van der Waals surface area contributed by atoms with Gasteiger partial charge in [-0.05, 0) is 27.7 Å². The van der Waals surface area contributed by atoms with Crippen LogP contribution in [0.5, 0.6) is 0 Å². The topological polar surface area (TPSA) is 44.8 Å². The van der Waals surface area contributed by atoms with Crippen molar-refractivity contribution in [3.8, 4) is 0 Å². The highest BCUT2D eigenvalue weighted by Crippen LogP contribution is 2.17. The van der Waals surface area contributed by atoms with Crippen molar-refractivity contribution < 1.29 is 19.0 Å². The molecule has 4 nitrogen and oxygen atoms in total. The maximum atomic E-state index is 11.4. The van der Waals surface area contributed by atoms with E-state index < -0.39 is 4.32 Å². The lowest BCUT2D eigenvalue weighted by atomic mass is 10.2. The lowest BCUT2D eigenvalue weighted by Gasteiger charge is -2.18. The molecule has 0 spiro atoms. The van der Waals surface area contributed by atoms with E-state index in [0.717, 1.165) is 0 Å². The molecule has 16 heavy (non-hydrogen) atoms. The van der Waals surface area contributed by atoms with E-state index in [2.05, 4.69) is 15.9 Å². The first-order chi connectivity index (χ1) is 7.41. The first-order valence-electron chi connectivity index (χ1n) is 5.51. The maximum absolute atomic E-state index is 11.4. The molecule has 0 N–H and O–H groups in total. The Balaban J connectivity index is 3.81. The molecule has 0 saturated carbocycles. The predicted molar refractivity (Wildman–Crippen MR) is 65.6 cm³/mol. The second-order valence-electron chi connectivity index (χ2n) is 3.74. The van der Waals surface area contributed by atoms with Gasteiger partial charge in [-0.1, -0.05) is 15.9 Å². The number of esters is 1. The summed E-state index contributed by atoms with van der Waals surface area (Å²) in [6.07, 6.45) is 0.262. The van der Waals surface area contributed by atoms with Gasteiger partial charge in [0.2, 0.25) is 0 Å². The largest absolute Gasteiger partial charge is 0.464 e. The van der Waals surface area contributed by atoms with E-state index in [1.165, 1.54) is 0 Å². The SMILES string of the molecule is CCOC(CCOC(=O)C(C)(C)Br)OCC. The molecule has 0 aliphatic carbocycles. The van der Waals surface area contributed by atoms with Crippen molar-refractivity contribution in [2.75, 3.05) is 19.8 Å².